The fourth-order valence-electron chi connectivity index (χ4n) is 2.03. The minimum atomic E-state index is -0.0385. The number of benzene rings is 1. The van der Waals surface area contributed by atoms with Crippen LogP contribution in [0.15, 0.2) is 42.6 Å². The van der Waals surface area contributed by atoms with E-state index in [1.807, 2.05) is 61.1 Å². The first-order valence-corrected chi connectivity index (χ1v) is 6.82. The molecule has 4 heteroatoms. The van der Waals surface area contributed by atoms with Crippen molar-refractivity contribution < 1.29 is 9.53 Å². The van der Waals surface area contributed by atoms with Crippen LogP contribution in [-0.4, -0.2) is 23.6 Å². The van der Waals surface area contributed by atoms with Crippen molar-refractivity contribution in [3.8, 4) is 5.75 Å². The summed E-state index contributed by atoms with van der Waals surface area (Å²) < 4.78 is 7.20. The van der Waals surface area contributed by atoms with Gasteiger partial charge < -0.3 is 14.6 Å². The summed E-state index contributed by atoms with van der Waals surface area (Å²) in [5, 5.41) is 2.92. The zero-order valence-electron chi connectivity index (χ0n) is 11.9. The van der Waals surface area contributed by atoms with E-state index in [1.54, 1.807) is 0 Å². The van der Waals surface area contributed by atoms with E-state index in [9.17, 15) is 4.79 Å². The van der Waals surface area contributed by atoms with E-state index < -0.39 is 0 Å². The van der Waals surface area contributed by atoms with Crippen molar-refractivity contribution in [2.75, 3.05) is 13.2 Å². The van der Waals surface area contributed by atoms with Crippen LogP contribution in [-0.2, 0) is 13.5 Å². The maximum Gasteiger partial charge on any atom is 0.267 e. The largest absolute Gasteiger partial charge is 0.494 e. The first-order chi connectivity index (χ1) is 9.70. The Morgan fingerprint density at radius 2 is 2.00 bits per heavy atom. The summed E-state index contributed by atoms with van der Waals surface area (Å²) >= 11 is 0. The van der Waals surface area contributed by atoms with Crippen LogP contribution in [0.2, 0.25) is 0 Å². The Kier molecular flexibility index (Phi) is 4.82. The zero-order chi connectivity index (χ0) is 14.4. The van der Waals surface area contributed by atoms with Crippen molar-refractivity contribution in [2.45, 2.75) is 13.3 Å². The number of nitrogens with one attached hydrogen (secondary N) is 1. The number of carbonyl (C=O) groups is 1. The van der Waals surface area contributed by atoms with E-state index in [4.69, 9.17) is 4.74 Å². The molecule has 1 heterocycles. The molecular formula is C16H20N2O2. The van der Waals surface area contributed by atoms with Crippen LogP contribution < -0.4 is 10.1 Å². The van der Waals surface area contributed by atoms with E-state index in [2.05, 4.69) is 5.32 Å². The molecule has 0 saturated heterocycles. The second-order valence-electron chi connectivity index (χ2n) is 4.59. The minimum absolute atomic E-state index is 0.0385. The van der Waals surface area contributed by atoms with E-state index >= 15 is 0 Å². The molecule has 0 bridgehead atoms. The lowest BCUT2D eigenvalue weighted by Gasteiger charge is -2.07. The first-order valence-electron chi connectivity index (χ1n) is 6.82. The molecule has 0 atom stereocenters. The summed E-state index contributed by atoms with van der Waals surface area (Å²) in [5.41, 5.74) is 1.86. The lowest BCUT2D eigenvalue weighted by Crippen LogP contribution is -2.27. The van der Waals surface area contributed by atoms with Crippen LogP contribution in [0.3, 0.4) is 0 Å². The smallest absolute Gasteiger partial charge is 0.267 e. The normalized spacial score (nSPS) is 10.3. The molecule has 0 fully saturated rings. The monoisotopic (exact) mass is 272 g/mol. The van der Waals surface area contributed by atoms with Crippen molar-refractivity contribution in [3.05, 3.63) is 53.9 Å². The van der Waals surface area contributed by atoms with Gasteiger partial charge in [-0.2, -0.15) is 0 Å². The highest BCUT2D eigenvalue weighted by Crippen LogP contribution is 2.12. The van der Waals surface area contributed by atoms with Gasteiger partial charge in [0, 0.05) is 19.8 Å². The molecule has 1 amide bonds. The Bertz CT molecular complexity index is 558. The molecule has 2 aromatic rings. The fraction of sp³-hybridized carbons (Fsp3) is 0.312. The zero-order valence-corrected chi connectivity index (χ0v) is 11.9. The number of aryl methyl sites for hydroxylation is 1. The third-order valence-corrected chi connectivity index (χ3v) is 3.11. The third-order valence-electron chi connectivity index (χ3n) is 3.11. The molecule has 1 aromatic carbocycles. The lowest BCUT2D eigenvalue weighted by molar-refractivity contribution is 0.0946. The number of aromatic nitrogens is 1. The summed E-state index contributed by atoms with van der Waals surface area (Å²) in [6.45, 7) is 3.26. The van der Waals surface area contributed by atoms with Gasteiger partial charge in [-0.05, 0) is 43.2 Å². The molecule has 1 aromatic heterocycles. The maximum absolute atomic E-state index is 11.9. The van der Waals surface area contributed by atoms with Crippen molar-refractivity contribution in [1.82, 2.24) is 9.88 Å². The van der Waals surface area contributed by atoms with Gasteiger partial charge in [-0.15, -0.1) is 0 Å². The van der Waals surface area contributed by atoms with Gasteiger partial charge in [-0.3, -0.25) is 4.79 Å². The molecule has 0 aliphatic heterocycles. The minimum Gasteiger partial charge on any atom is -0.494 e. The highest BCUT2D eigenvalue weighted by molar-refractivity contribution is 5.92. The molecule has 0 saturated carbocycles. The molecule has 0 spiro atoms. The van der Waals surface area contributed by atoms with Gasteiger partial charge in [0.1, 0.15) is 11.4 Å². The summed E-state index contributed by atoms with van der Waals surface area (Å²) in [4.78, 5) is 11.9. The summed E-state index contributed by atoms with van der Waals surface area (Å²) in [5.74, 6) is 0.840. The van der Waals surface area contributed by atoms with Crippen LogP contribution in [0.25, 0.3) is 0 Å². The van der Waals surface area contributed by atoms with E-state index in [1.165, 1.54) is 5.56 Å². The summed E-state index contributed by atoms with van der Waals surface area (Å²) in [6.07, 6.45) is 2.67. The van der Waals surface area contributed by atoms with Gasteiger partial charge in [-0.25, -0.2) is 0 Å². The second kappa shape index (κ2) is 6.80. The molecule has 106 valence electrons. The van der Waals surface area contributed by atoms with Crippen molar-refractivity contribution >= 4 is 5.91 Å². The number of rotatable bonds is 6. The molecule has 1 N–H and O–H groups in total. The van der Waals surface area contributed by atoms with Gasteiger partial charge in [0.2, 0.25) is 0 Å². The van der Waals surface area contributed by atoms with E-state index in [0.717, 1.165) is 12.2 Å². The summed E-state index contributed by atoms with van der Waals surface area (Å²) in [7, 11) is 1.86. The lowest BCUT2D eigenvalue weighted by atomic mass is 10.1. The second-order valence-corrected chi connectivity index (χ2v) is 4.59. The quantitative estimate of drug-likeness (QED) is 0.877. The van der Waals surface area contributed by atoms with Crippen molar-refractivity contribution in [2.24, 2.45) is 7.05 Å². The van der Waals surface area contributed by atoms with Gasteiger partial charge in [0.15, 0.2) is 0 Å². The van der Waals surface area contributed by atoms with Crippen LogP contribution in [0.1, 0.15) is 23.0 Å². The molecule has 20 heavy (non-hydrogen) atoms. The average molecular weight is 272 g/mol. The topological polar surface area (TPSA) is 43.3 Å². The average Bonchev–Trinajstić information content (AvgIpc) is 2.87. The van der Waals surface area contributed by atoms with Crippen LogP contribution in [0.5, 0.6) is 5.75 Å². The molecule has 0 aliphatic rings. The van der Waals surface area contributed by atoms with Gasteiger partial charge >= 0.3 is 0 Å². The van der Waals surface area contributed by atoms with E-state index in [0.29, 0.717) is 18.8 Å². The molecule has 0 unspecified atom stereocenters. The van der Waals surface area contributed by atoms with Crippen LogP contribution in [0.4, 0.5) is 0 Å². The Hall–Kier alpha value is -2.23. The summed E-state index contributed by atoms with van der Waals surface area (Å²) in [6, 6.07) is 11.6. The van der Waals surface area contributed by atoms with Gasteiger partial charge in [-0.1, -0.05) is 12.1 Å². The highest BCUT2D eigenvalue weighted by Gasteiger charge is 2.07. The Labute approximate surface area is 119 Å². The maximum atomic E-state index is 11.9. The van der Waals surface area contributed by atoms with E-state index in [-0.39, 0.29) is 5.91 Å². The molecule has 0 aliphatic carbocycles. The first kappa shape index (κ1) is 14.2. The van der Waals surface area contributed by atoms with Crippen LogP contribution in [0, 0.1) is 0 Å². The molecular weight excluding hydrogens is 252 g/mol. The fourth-order valence-corrected chi connectivity index (χ4v) is 2.03. The number of hydrogen-bond acceptors (Lipinski definition) is 2. The standard InChI is InChI=1S/C16H20N2O2/c1-3-20-14-8-6-13(7-9-14)10-11-17-16(19)15-5-4-12-18(15)2/h4-9,12H,3,10-11H2,1-2H3,(H,17,19). The number of amides is 1. The number of carbonyl (C=O) groups excluding carboxylic acids is 1. The molecule has 4 nitrogen and oxygen atoms in total. The number of nitrogens with zero attached hydrogens (tertiary/aromatic N) is 1. The van der Waals surface area contributed by atoms with Gasteiger partial charge in [0.05, 0.1) is 6.61 Å². The predicted octanol–water partition coefficient (Wildman–Crippen LogP) is 2.40. The third kappa shape index (κ3) is 3.63. The predicted molar refractivity (Wildman–Crippen MR) is 79.1 cm³/mol. The number of ether oxygens (including phenoxy) is 1. The highest BCUT2D eigenvalue weighted by atomic mass is 16.5. The molecule has 2 rings (SSSR count). The number of hydrogen-bond donors (Lipinski definition) is 1. The Morgan fingerprint density at radius 1 is 1.25 bits per heavy atom. The Morgan fingerprint density at radius 3 is 2.60 bits per heavy atom. The van der Waals surface area contributed by atoms with Gasteiger partial charge in [0.25, 0.3) is 5.91 Å². The van der Waals surface area contributed by atoms with Crippen LogP contribution >= 0.6 is 0 Å². The molecule has 0 radical (unpaired) electrons. The van der Waals surface area contributed by atoms with Crippen molar-refractivity contribution in [1.29, 1.82) is 0 Å². The Balaban J connectivity index is 1.81. The SMILES string of the molecule is CCOc1ccc(CCNC(=O)c2cccn2C)cc1. The van der Waals surface area contributed by atoms with Crippen molar-refractivity contribution in [3.63, 3.8) is 0 Å².